The van der Waals surface area contributed by atoms with Gasteiger partial charge in [0, 0.05) is 0 Å². The van der Waals surface area contributed by atoms with Crippen LogP contribution in [0.5, 0.6) is 0 Å². The first-order valence-electron chi connectivity index (χ1n) is 6.87. The molecule has 5 nitrogen and oxygen atoms in total. The lowest BCUT2D eigenvalue weighted by molar-refractivity contribution is -0.139. The fourth-order valence-electron chi connectivity index (χ4n) is 2.84. The summed E-state index contributed by atoms with van der Waals surface area (Å²) < 4.78 is 0. The number of aliphatic carboxylic acids is 1. The van der Waals surface area contributed by atoms with Crippen molar-refractivity contribution in [1.29, 1.82) is 0 Å². The number of carboxylic acid groups (broad SMARTS) is 1. The maximum atomic E-state index is 12.3. The zero-order valence-electron chi connectivity index (χ0n) is 11.3. The largest absolute Gasteiger partial charge is 0.481 e. The molecule has 5 heteroatoms. The fraction of sp³-hybridized carbons (Fsp3) is 0.467. The first-order chi connectivity index (χ1) is 9.52. The topological polar surface area (TPSA) is 92.4 Å². The van der Waals surface area contributed by atoms with Crippen molar-refractivity contribution in [3.8, 4) is 0 Å². The zero-order chi connectivity index (χ0) is 14.6. The van der Waals surface area contributed by atoms with Crippen LogP contribution in [0.4, 0.5) is 0 Å². The van der Waals surface area contributed by atoms with Crippen molar-refractivity contribution in [3.05, 3.63) is 35.9 Å². The van der Waals surface area contributed by atoms with E-state index in [-0.39, 0.29) is 12.3 Å². The van der Waals surface area contributed by atoms with Crippen LogP contribution >= 0.6 is 0 Å². The molecule has 4 N–H and O–H groups in total. The number of carbonyl (C=O) groups excluding carboxylic acids is 1. The number of carboxylic acids is 1. The number of nitrogens with one attached hydrogen (secondary N) is 1. The number of carbonyl (C=O) groups is 2. The molecule has 1 aromatic rings. The van der Waals surface area contributed by atoms with E-state index in [0.717, 1.165) is 18.4 Å². The van der Waals surface area contributed by atoms with E-state index < -0.39 is 17.6 Å². The van der Waals surface area contributed by atoms with E-state index in [4.69, 9.17) is 10.8 Å². The van der Waals surface area contributed by atoms with Crippen molar-refractivity contribution in [1.82, 2.24) is 5.32 Å². The summed E-state index contributed by atoms with van der Waals surface area (Å²) in [7, 11) is 0. The molecule has 1 aliphatic carbocycles. The summed E-state index contributed by atoms with van der Waals surface area (Å²) in [5, 5.41) is 11.9. The monoisotopic (exact) mass is 276 g/mol. The van der Waals surface area contributed by atoms with Crippen LogP contribution in [-0.4, -0.2) is 22.5 Å². The van der Waals surface area contributed by atoms with E-state index in [1.807, 2.05) is 18.2 Å². The average Bonchev–Trinajstić information content (AvgIpc) is 2.86. The van der Waals surface area contributed by atoms with Crippen LogP contribution in [0.1, 0.15) is 43.7 Å². The zero-order valence-corrected chi connectivity index (χ0v) is 11.3. The Morgan fingerprint density at radius 2 is 1.85 bits per heavy atom. The normalized spacial score (nSPS) is 18.4. The van der Waals surface area contributed by atoms with E-state index in [2.05, 4.69) is 5.32 Å². The molecule has 1 fully saturated rings. The number of nitrogens with two attached hydrogens (primary N) is 1. The third kappa shape index (κ3) is 3.36. The highest BCUT2D eigenvalue weighted by molar-refractivity contribution is 5.84. The lowest BCUT2D eigenvalue weighted by Gasteiger charge is -2.30. The molecule has 0 saturated heterocycles. The Labute approximate surface area is 118 Å². The van der Waals surface area contributed by atoms with Crippen LogP contribution in [0.15, 0.2) is 30.3 Å². The molecule has 1 amide bonds. The molecular formula is C15H20N2O3. The van der Waals surface area contributed by atoms with Gasteiger partial charge in [0.05, 0.1) is 12.0 Å². The molecule has 108 valence electrons. The highest BCUT2D eigenvalue weighted by Crippen LogP contribution is 2.33. The van der Waals surface area contributed by atoms with Crippen molar-refractivity contribution in [2.75, 3.05) is 0 Å². The van der Waals surface area contributed by atoms with E-state index in [1.54, 1.807) is 12.1 Å². The van der Waals surface area contributed by atoms with Crippen LogP contribution in [0, 0.1) is 0 Å². The Kier molecular flexibility index (Phi) is 4.39. The summed E-state index contributed by atoms with van der Waals surface area (Å²) in [6, 6.07) is 8.33. The molecule has 0 bridgehead atoms. The van der Waals surface area contributed by atoms with E-state index in [0.29, 0.717) is 12.8 Å². The van der Waals surface area contributed by atoms with Crippen molar-refractivity contribution in [3.63, 3.8) is 0 Å². The highest BCUT2D eigenvalue weighted by atomic mass is 16.4. The molecule has 1 aromatic carbocycles. The van der Waals surface area contributed by atoms with Crippen LogP contribution in [0.25, 0.3) is 0 Å². The number of benzene rings is 1. The van der Waals surface area contributed by atoms with Gasteiger partial charge in [-0.3, -0.25) is 9.59 Å². The molecule has 1 atom stereocenters. The minimum Gasteiger partial charge on any atom is -0.481 e. The van der Waals surface area contributed by atoms with Gasteiger partial charge in [-0.15, -0.1) is 0 Å². The molecule has 2 rings (SSSR count). The van der Waals surface area contributed by atoms with Gasteiger partial charge >= 0.3 is 5.97 Å². The number of hydrogen-bond donors (Lipinski definition) is 3. The Morgan fingerprint density at radius 3 is 2.40 bits per heavy atom. The van der Waals surface area contributed by atoms with Crippen LogP contribution in [0.2, 0.25) is 0 Å². The molecule has 0 aromatic heterocycles. The number of amides is 1. The molecule has 20 heavy (non-hydrogen) atoms. The molecule has 0 aliphatic heterocycles. The average molecular weight is 276 g/mol. The van der Waals surface area contributed by atoms with Crippen molar-refractivity contribution >= 4 is 11.9 Å². The van der Waals surface area contributed by atoms with Gasteiger partial charge in [-0.1, -0.05) is 43.2 Å². The molecular weight excluding hydrogens is 256 g/mol. The summed E-state index contributed by atoms with van der Waals surface area (Å²) in [5.41, 5.74) is 6.05. The van der Waals surface area contributed by atoms with Crippen LogP contribution in [0.3, 0.4) is 0 Å². The van der Waals surface area contributed by atoms with Crippen LogP contribution < -0.4 is 11.1 Å². The van der Waals surface area contributed by atoms with Gasteiger partial charge in [-0.05, 0) is 18.4 Å². The second-order valence-corrected chi connectivity index (χ2v) is 5.44. The summed E-state index contributed by atoms with van der Waals surface area (Å²) in [5.74, 6) is -1.19. The van der Waals surface area contributed by atoms with Crippen molar-refractivity contribution in [2.45, 2.75) is 43.7 Å². The molecule has 0 unspecified atom stereocenters. The van der Waals surface area contributed by atoms with Gasteiger partial charge in [-0.2, -0.15) is 0 Å². The molecule has 0 radical (unpaired) electrons. The van der Waals surface area contributed by atoms with Gasteiger partial charge in [0.25, 0.3) is 0 Å². The SMILES string of the molecule is N[C@H](C(=O)NC1(CC(=O)O)CCCC1)c1ccccc1. The van der Waals surface area contributed by atoms with Crippen LogP contribution in [-0.2, 0) is 9.59 Å². The van der Waals surface area contributed by atoms with Gasteiger partial charge in [0.15, 0.2) is 0 Å². The summed E-state index contributed by atoms with van der Waals surface area (Å²) in [6.45, 7) is 0. The van der Waals surface area contributed by atoms with Crippen molar-refractivity contribution in [2.24, 2.45) is 5.73 Å². The number of rotatable bonds is 5. The predicted octanol–water partition coefficient (Wildman–Crippen LogP) is 1.59. The molecule has 1 saturated carbocycles. The van der Waals surface area contributed by atoms with Gasteiger partial charge in [-0.25, -0.2) is 0 Å². The van der Waals surface area contributed by atoms with Crippen molar-refractivity contribution < 1.29 is 14.7 Å². The first-order valence-corrected chi connectivity index (χ1v) is 6.87. The quantitative estimate of drug-likeness (QED) is 0.761. The molecule has 1 aliphatic rings. The summed E-state index contributed by atoms with van der Waals surface area (Å²) in [4.78, 5) is 23.3. The standard InChI is InChI=1S/C15H20N2O3/c16-13(11-6-2-1-3-7-11)14(20)17-15(10-12(18)19)8-4-5-9-15/h1-3,6-7,13H,4-5,8-10,16H2,(H,17,20)(H,18,19)/t13-/m0/s1. The predicted molar refractivity (Wildman–Crippen MR) is 75.0 cm³/mol. The molecule has 0 heterocycles. The van der Waals surface area contributed by atoms with E-state index >= 15 is 0 Å². The Morgan fingerprint density at radius 1 is 1.25 bits per heavy atom. The third-order valence-electron chi connectivity index (χ3n) is 3.88. The minimum atomic E-state index is -0.888. The fourth-order valence-corrected chi connectivity index (χ4v) is 2.84. The maximum absolute atomic E-state index is 12.3. The van der Waals surface area contributed by atoms with E-state index in [1.165, 1.54) is 0 Å². The maximum Gasteiger partial charge on any atom is 0.305 e. The van der Waals surface area contributed by atoms with Gasteiger partial charge < -0.3 is 16.2 Å². The van der Waals surface area contributed by atoms with Gasteiger partial charge in [0.1, 0.15) is 6.04 Å². The second kappa shape index (κ2) is 6.05. The summed E-state index contributed by atoms with van der Waals surface area (Å²) >= 11 is 0. The Balaban J connectivity index is 2.07. The Bertz CT molecular complexity index is 481. The lowest BCUT2D eigenvalue weighted by Crippen LogP contribution is -2.50. The third-order valence-corrected chi connectivity index (χ3v) is 3.88. The Hall–Kier alpha value is -1.88. The van der Waals surface area contributed by atoms with Gasteiger partial charge in [0.2, 0.25) is 5.91 Å². The number of hydrogen-bond acceptors (Lipinski definition) is 3. The second-order valence-electron chi connectivity index (χ2n) is 5.44. The van der Waals surface area contributed by atoms with E-state index in [9.17, 15) is 9.59 Å². The lowest BCUT2D eigenvalue weighted by atomic mass is 9.92. The summed E-state index contributed by atoms with van der Waals surface area (Å²) in [6.07, 6.45) is 3.24. The molecule has 0 spiro atoms. The highest BCUT2D eigenvalue weighted by Gasteiger charge is 2.38. The first kappa shape index (κ1) is 14.5. The smallest absolute Gasteiger partial charge is 0.305 e. The minimum absolute atomic E-state index is 0.0414.